The minimum atomic E-state index is -1.67. The highest BCUT2D eigenvalue weighted by Crippen LogP contribution is 2.28. The van der Waals surface area contributed by atoms with Crippen LogP contribution in [0.2, 0.25) is 0 Å². The van der Waals surface area contributed by atoms with Gasteiger partial charge in [-0.3, -0.25) is 0 Å². The molecular formula is C12H22O10. The Kier molecular flexibility index (Phi) is 5.72. The first-order valence-electron chi connectivity index (χ1n) is 6.93. The molecule has 0 saturated carbocycles. The maximum atomic E-state index is 9.96. The molecule has 0 bridgehead atoms. The Hall–Kier alpha value is -0.400. The fourth-order valence-electron chi connectivity index (χ4n) is 2.51. The molecular weight excluding hydrogens is 304 g/mol. The molecule has 0 radical (unpaired) electrons. The van der Waals surface area contributed by atoms with Crippen molar-refractivity contribution in [2.24, 2.45) is 0 Å². The van der Waals surface area contributed by atoms with Crippen LogP contribution in [0.1, 0.15) is 6.92 Å². The second kappa shape index (κ2) is 7.01. The fourth-order valence-corrected chi connectivity index (χ4v) is 2.51. The summed E-state index contributed by atoms with van der Waals surface area (Å²) in [6.45, 7) is 0.812. The number of hydrogen-bond acceptors (Lipinski definition) is 10. The summed E-state index contributed by atoms with van der Waals surface area (Å²) < 4.78 is 15.3. The zero-order valence-electron chi connectivity index (χ0n) is 11.8. The van der Waals surface area contributed by atoms with Crippen molar-refractivity contribution in [2.75, 3.05) is 6.61 Å². The molecule has 0 amide bonds. The van der Waals surface area contributed by atoms with Crippen LogP contribution in [0.5, 0.6) is 0 Å². The van der Waals surface area contributed by atoms with Crippen molar-refractivity contribution in [3.63, 3.8) is 0 Å². The first-order chi connectivity index (χ1) is 10.3. The maximum Gasteiger partial charge on any atom is 0.187 e. The Labute approximate surface area is 126 Å². The van der Waals surface area contributed by atoms with Crippen molar-refractivity contribution in [3.8, 4) is 0 Å². The summed E-state index contributed by atoms with van der Waals surface area (Å²) in [6.07, 6.45) is -14.3. The van der Waals surface area contributed by atoms with Crippen molar-refractivity contribution in [3.05, 3.63) is 0 Å². The van der Waals surface area contributed by atoms with Crippen LogP contribution in [-0.2, 0) is 14.2 Å². The molecule has 2 aliphatic heterocycles. The Morgan fingerprint density at radius 2 is 1.45 bits per heavy atom. The molecule has 2 fully saturated rings. The molecule has 2 rings (SSSR count). The van der Waals surface area contributed by atoms with E-state index in [0.717, 1.165) is 0 Å². The third kappa shape index (κ3) is 3.26. The largest absolute Gasteiger partial charge is 0.394 e. The average Bonchev–Trinajstić information content (AvgIpc) is 2.49. The number of ether oxygens (including phenoxy) is 3. The van der Waals surface area contributed by atoms with E-state index in [9.17, 15) is 30.6 Å². The van der Waals surface area contributed by atoms with Gasteiger partial charge in [-0.05, 0) is 6.92 Å². The summed E-state index contributed by atoms with van der Waals surface area (Å²) >= 11 is 0. The number of aliphatic hydroxyl groups excluding tert-OH is 7. The molecule has 0 aliphatic carbocycles. The number of rotatable bonds is 3. The lowest BCUT2D eigenvalue weighted by atomic mass is 9.97. The molecule has 2 saturated heterocycles. The van der Waals surface area contributed by atoms with Crippen molar-refractivity contribution in [2.45, 2.75) is 68.3 Å². The predicted molar refractivity (Wildman–Crippen MR) is 67.2 cm³/mol. The van der Waals surface area contributed by atoms with Crippen LogP contribution in [-0.4, -0.2) is 104 Å². The molecule has 0 aromatic carbocycles. The van der Waals surface area contributed by atoms with Gasteiger partial charge in [0.2, 0.25) is 0 Å². The van der Waals surface area contributed by atoms with Gasteiger partial charge >= 0.3 is 0 Å². The van der Waals surface area contributed by atoms with E-state index in [0.29, 0.717) is 0 Å². The summed E-state index contributed by atoms with van der Waals surface area (Å²) in [5.74, 6) is 0. The summed E-state index contributed by atoms with van der Waals surface area (Å²) in [5.41, 5.74) is 0. The van der Waals surface area contributed by atoms with E-state index in [2.05, 4.69) is 0 Å². The third-order valence-electron chi connectivity index (χ3n) is 3.94. The molecule has 2 aliphatic rings. The van der Waals surface area contributed by atoms with Gasteiger partial charge < -0.3 is 50.0 Å². The molecule has 10 heteroatoms. The highest BCUT2D eigenvalue weighted by Gasteiger charge is 2.49. The van der Waals surface area contributed by atoms with E-state index in [4.69, 9.17) is 19.3 Å². The van der Waals surface area contributed by atoms with Gasteiger partial charge in [-0.15, -0.1) is 0 Å². The molecule has 10 atom stereocenters. The van der Waals surface area contributed by atoms with E-state index < -0.39 is 68.0 Å². The molecule has 7 N–H and O–H groups in total. The Morgan fingerprint density at radius 1 is 0.818 bits per heavy atom. The van der Waals surface area contributed by atoms with E-state index >= 15 is 0 Å². The molecule has 0 aromatic rings. The second-order valence-corrected chi connectivity index (χ2v) is 5.51. The molecule has 130 valence electrons. The third-order valence-corrected chi connectivity index (χ3v) is 3.94. The zero-order valence-corrected chi connectivity index (χ0v) is 11.8. The summed E-state index contributed by atoms with van der Waals surface area (Å²) in [6, 6.07) is 0. The fraction of sp³-hybridized carbons (Fsp3) is 1.00. The van der Waals surface area contributed by atoms with E-state index in [1.54, 1.807) is 0 Å². The van der Waals surface area contributed by atoms with Crippen LogP contribution in [0, 0.1) is 0 Å². The second-order valence-electron chi connectivity index (χ2n) is 5.51. The van der Waals surface area contributed by atoms with E-state index in [1.807, 2.05) is 0 Å². The molecule has 0 spiro atoms. The van der Waals surface area contributed by atoms with E-state index in [1.165, 1.54) is 6.92 Å². The molecule has 2 heterocycles. The molecule has 0 unspecified atom stereocenters. The van der Waals surface area contributed by atoms with Crippen molar-refractivity contribution >= 4 is 0 Å². The van der Waals surface area contributed by atoms with Crippen LogP contribution < -0.4 is 0 Å². The van der Waals surface area contributed by atoms with Gasteiger partial charge in [0.25, 0.3) is 0 Å². The first kappa shape index (κ1) is 17.9. The smallest absolute Gasteiger partial charge is 0.187 e. The van der Waals surface area contributed by atoms with Gasteiger partial charge in [-0.25, -0.2) is 0 Å². The lowest BCUT2D eigenvalue weighted by Crippen LogP contribution is -2.63. The summed E-state index contributed by atoms with van der Waals surface area (Å²) in [4.78, 5) is 0. The van der Waals surface area contributed by atoms with Gasteiger partial charge in [0.05, 0.1) is 12.7 Å². The van der Waals surface area contributed by atoms with Gasteiger partial charge in [0.1, 0.15) is 42.7 Å². The lowest BCUT2D eigenvalue weighted by molar-refractivity contribution is -0.353. The Balaban J connectivity index is 2.10. The van der Waals surface area contributed by atoms with Crippen LogP contribution in [0.3, 0.4) is 0 Å². The zero-order chi connectivity index (χ0) is 16.6. The standard InChI is InChI=1S/C12H22O10/c1-3-5(14)10(9(18)11(19)20-3)22-12-8(17)7(16)6(15)4(2-13)21-12/h3-19H,2H2,1H3/t3-,4+,5-,6-,7-,8+,9+,10+,11-,12+/m0/s1. The minimum absolute atomic E-state index is 0.636. The van der Waals surface area contributed by atoms with Crippen molar-refractivity contribution in [1.29, 1.82) is 0 Å². The van der Waals surface area contributed by atoms with Crippen molar-refractivity contribution < 1.29 is 50.0 Å². The number of hydrogen-bond donors (Lipinski definition) is 7. The molecule has 10 nitrogen and oxygen atoms in total. The quantitative estimate of drug-likeness (QED) is 0.269. The molecule has 0 aromatic heterocycles. The van der Waals surface area contributed by atoms with Gasteiger partial charge in [-0.1, -0.05) is 0 Å². The SMILES string of the molecule is C[C@@H]1O[C@H](O)[C@H](O)[C@H](O[C@H]2O[C@H](CO)[C@H](O)[C@H](O)[C@H]2O)[C@H]1O. The van der Waals surface area contributed by atoms with Gasteiger partial charge in [-0.2, -0.15) is 0 Å². The van der Waals surface area contributed by atoms with Crippen LogP contribution in [0.4, 0.5) is 0 Å². The first-order valence-corrected chi connectivity index (χ1v) is 6.93. The molecule has 22 heavy (non-hydrogen) atoms. The Morgan fingerprint density at radius 3 is 2.05 bits per heavy atom. The average molecular weight is 326 g/mol. The lowest BCUT2D eigenvalue weighted by Gasteiger charge is -2.44. The van der Waals surface area contributed by atoms with Crippen LogP contribution in [0.25, 0.3) is 0 Å². The summed E-state index contributed by atoms with van der Waals surface area (Å²) in [7, 11) is 0. The van der Waals surface area contributed by atoms with Crippen LogP contribution >= 0.6 is 0 Å². The predicted octanol–water partition coefficient (Wildman–Crippen LogP) is -4.37. The topological polar surface area (TPSA) is 169 Å². The number of aliphatic hydroxyl groups is 7. The monoisotopic (exact) mass is 326 g/mol. The Bertz CT molecular complexity index is 352. The van der Waals surface area contributed by atoms with Crippen LogP contribution in [0.15, 0.2) is 0 Å². The van der Waals surface area contributed by atoms with Gasteiger partial charge in [0, 0.05) is 0 Å². The highest BCUT2D eigenvalue weighted by molar-refractivity contribution is 4.92. The highest BCUT2D eigenvalue weighted by atomic mass is 16.7. The van der Waals surface area contributed by atoms with Crippen molar-refractivity contribution in [1.82, 2.24) is 0 Å². The van der Waals surface area contributed by atoms with E-state index in [-0.39, 0.29) is 0 Å². The minimum Gasteiger partial charge on any atom is -0.394 e. The normalized spacial score (nSPS) is 53.5. The van der Waals surface area contributed by atoms with Gasteiger partial charge in [0.15, 0.2) is 12.6 Å². The summed E-state index contributed by atoms with van der Waals surface area (Å²) in [5, 5.41) is 67.6. The maximum absolute atomic E-state index is 9.96.